The van der Waals surface area contributed by atoms with Gasteiger partial charge in [0.2, 0.25) is 0 Å². The molecule has 5 heteroatoms. The van der Waals surface area contributed by atoms with Crippen molar-refractivity contribution in [1.29, 1.82) is 0 Å². The SMILES string of the molecule is CC(C)CC(=O)O[C@H]1[C@H]2[C@H](C)C(=O)O[C@@H]2C[C@@H](C)[C@@H]2C=CC(=O)[C@]21C. The minimum atomic E-state index is -0.826. The standard InChI is InChI=1S/C20H28O5/c1-10(2)8-16(22)25-18-17-12(4)19(23)24-14(17)9-11(3)13-6-7-15(21)20(13,18)5/h6-7,10-14,17-18H,8-9H2,1-5H3/t11-,12+,13+,14-,17+,18+,20+/m1/s1. The first-order valence-electron chi connectivity index (χ1n) is 9.28. The van der Waals surface area contributed by atoms with Crippen molar-refractivity contribution in [3.63, 3.8) is 0 Å². The molecule has 0 aromatic rings. The van der Waals surface area contributed by atoms with Crippen molar-refractivity contribution in [2.24, 2.45) is 35.0 Å². The summed E-state index contributed by atoms with van der Waals surface area (Å²) >= 11 is 0. The summed E-state index contributed by atoms with van der Waals surface area (Å²) in [6.07, 6.45) is 3.63. The molecular formula is C20H28O5. The topological polar surface area (TPSA) is 69.7 Å². The van der Waals surface area contributed by atoms with Crippen molar-refractivity contribution in [3.05, 3.63) is 12.2 Å². The highest BCUT2D eigenvalue weighted by Crippen LogP contribution is 2.54. The fraction of sp³-hybridized carbons (Fsp3) is 0.750. The summed E-state index contributed by atoms with van der Waals surface area (Å²) in [4.78, 5) is 37.4. The minimum absolute atomic E-state index is 0.00616. The van der Waals surface area contributed by atoms with E-state index in [9.17, 15) is 14.4 Å². The van der Waals surface area contributed by atoms with Gasteiger partial charge in [0.25, 0.3) is 0 Å². The van der Waals surface area contributed by atoms with Crippen LogP contribution in [0.2, 0.25) is 0 Å². The molecule has 1 saturated carbocycles. The first-order valence-corrected chi connectivity index (χ1v) is 9.28. The fourth-order valence-corrected chi connectivity index (χ4v) is 4.96. The van der Waals surface area contributed by atoms with Crippen LogP contribution in [0.1, 0.15) is 47.5 Å². The second kappa shape index (κ2) is 6.26. The van der Waals surface area contributed by atoms with Crippen molar-refractivity contribution >= 4 is 17.7 Å². The maximum absolute atomic E-state index is 12.8. The van der Waals surface area contributed by atoms with Gasteiger partial charge in [0.1, 0.15) is 12.2 Å². The Morgan fingerprint density at radius 2 is 2.04 bits per heavy atom. The van der Waals surface area contributed by atoms with E-state index in [2.05, 4.69) is 6.92 Å². The summed E-state index contributed by atoms with van der Waals surface area (Å²) in [6, 6.07) is 0. The zero-order valence-electron chi connectivity index (χ0n) is 15.7. The molecule has 1 heterocycles. The van der Waals surface area contributed by atoms with Crippen LogP contribution in [0.3, 0.4) is 0 Å². The van der Waals surface area contributed by atoms with Crippen LogP contribution < -0.4 is 0 Å². The average molecular weight is 348 g/mol. The highest BCUT2D eigenvalue weighted by Gasteiger charge is 2.62. The van der Waals surface area contributed by atoms with Crippen LogP contribution in [0.25, 0.3) is 0 Å². The van der Waals surface area contributed by atoms with Crippen molar-refractivity contribution in [2.75, 3.05) is 0 Å². The molecule has 5 nitrogen and oxygen atoms in total. The lowest BCUT2D eigenvalue weighted by molar-refractivity contribution is -0.168. The molecule has 138 valence electrons. The largest absolute Gasteiger partial charge is 0.462 e. The second-order valence-electron chi connectivity index (χ2n) is 8.59. The lowest BCUT2D eigenvalue weighted by Gasteiger charge is -2.40. The first kappa shape index (κ1) is 18.2. The summed E-state index contributed by atoms with van der Waals surface area (Å²) in [5.74, 6) is -0.887. The Labute approximate surface area is 149 Å². The highest BCUT2D eigenvalue weighted by molar-refractivity contribution is 5.98. The maximum atomic E-state index is 12.8. The van der Waals surface area contributed by atoms with Crippen molar-refractivity contribution in [2.45, 2.75) is 59.7 Å². The summed E-state index contributed by atoms with van der Waals surface area (Å²) in [7, 11) is 0. The van der Waals surface area contributed by atoms with Crippen LogP contribution in [-0.4, -0.2) is 29.9 Å². The Bertz CT molecular complexity index is 622. The molecule has 1 saturated heterocycles. The summed E-state index contributed by atoms with van der Waals surface area (Å²) < 4.78 is 11.5. The molecule has 2 aliphatic carbocycles. The van der Waals surface area contributed by atoms with E-state index in [1.807, 2.05) is 33.8 Å². The van der Waals surface area contributed by atoms with Crippen LogP contribution in [-0.2, 0) is 23.9 Å². The van der Waals surface area contributed by atoms with Crippen molar-refractivity contribution in [3.8, 4) is 0 Å². The third-order valence-corrected chi connectivity index (χ3v) is 6.32. The smallest absolute Gasteiger partial charge is 0.309 e. The Kier molecular flexibility index (Phi) is 4.54. The van der Waals surface area contributed by atoms with Gasteiger partial charge in [-0.15, -0.1) is 0 Å². The second-order valence-corrected chi connectivity index (χ2v) is 8.59. The number of esters is 2. The zero-order chi connectivity index (χ0) is 18.5. The van der Waals surface area contributed by atoms with E-state index < -0.39 is 11.5 Å². The summed E-state index contributed by atoms with van der Waals surface area (Å²) in [5, 5.41) is 0. The van der Waals surface area contributed by atoms with Gasteiger partial charge in [-0.25, -0.2) is 0 Å². The van der Waals surface area contributed by atoms with E-state index in [1.54, 1.807) is 6.08 Å². The van der Waals surface area contributed by atoms with Gasteiger partial charge >= 0.3 is 11.9 Å². The molecule has 0 spiro atoms. The van der Waals surface area contributed by atoms with Crippen LogP contribution >= 0.6 is 0 Å². The van der Waals surface area contributed by atoms with E-state index >= 15 is 0 Å². The number of hydrogen-bond donors (Lipinski definition) is 0. The maximum Gasteiger partial charge on any atom is 0.309 e. The summed E-state index contributed by atoms with van der Waals surface area (Å²) in [6.45, 7) is 9.70. The van der Waals surface area contributed by atoms with E-state index in [0.29, 0.717) is 12.8 Å². The van der Waals surface area contributed by atoms with E-state index in [1.165, 1.54) is 0 Å². The number of carbonyl (C=O) groups is 3. The number of hydrogen-bond acceptors (Lipinski definition) is 5. The number of ketones is 1. The van der Waals surface area contributed by atoms with E-state index in [-0.39, 0.29) is 53.4 Å². The predicted octanol–water partition coefficient (Wildman–Crippen LogP) is 2.92. The van der Waals surface area contributed by atoms with Gasteiger partial charge in [0.05, 0.1) is 11.3 Å². The molecule has 2 fully saturated rings. The molecule has 0 unspecified atom stereocenters. The number of fused-ring (bicyclic) bond motifs is 2. The van der Waals surface area contributed by atoms with E-state index in [0.717, 1.165) is 0 Å². The quantitative estimate of drug-likeness (QED) is 0.734. The van der Waals surface area contributed by atoms with Gasteiger partial charge in [-0.2, -0.15) is 0 Å². The third-order valence-electron chi connectivity index (χ3n) is 6.32. The normalized spacial score (nSPS) is 42.8. The highest BCUT2D eigenvalue weighted by atomic mass is 16.6. The minimum Gasteiger partial charge on any atom is -0.462 e. The fourth-order valence-electron chi connectivity index (χ4n) is 4.96. The van der Waals surface area contributed by atoms with Gasteiger partial charge in [0.15, 0.2) is 5.78 Å². The van der Waals surface area contributed by atoms with Gasteiger partial charge < -0.3 is 9.47 Å². The Morgan fingerprint density at radius 3 is 2.68 bits per heavy atom. The van der Waals surface area contributed by atoms with Crippen LogP contribution in [0.15, 0.2) is 12.2 Å². The van der Waals surface area contributed by atoms with Gasteiger partial charge in [0, 0.05) is 12.3 Å². The molecule has 0 amide bonds. The van der Waals surface area contributed by atoms with Crippen LogP contribution in [0, 0.1) is 35.0 Å². The Morgan fingerprint density at radius 1 is 1.36 bits per heavy atom. The molecule has 1 aliphatic heterocycles. The molecule has 25 heavy (non-hydrogen) atoms. The molecule has 3 rings (SSSR count). The number of carbonyl (C=O) groups excluding carboxylic acids is 3. The summed E-state index contributed by atoms with van der Waals surface area (Å²) in [5.41, 5.74) is -0.826. The molecule has 0 radical (unpaired) electrons. The van der Waals surface area contributed by atoms with Crippen LogP contribution in [0.5, 0.6) is 0 Å². The monoisotopic (exact) mass is 348 g/mol. The lowest BCUT2D eigenvalue weighted by Crippen LogP contribution is -2.50. The molecule has 0 bridgehead atoms. The lowest BCUT2D eigenvalue weighted by atomic mass is 9.66. The predicted molar refractivity (Wildman–Crippen MR) is 91.4 cm³/mol. The van der Waals surface area contributed by atoms with Gasteiger partial charge in [-0.05, 0) is 37.2 Å². The molecule has 3 aliphatic rings. The Hall–Kier alpha value is -1.65. The van der Waals surface area contributed by atoms with Crippen molar-refractivity contribution < 1.29 is 23.9 Å². The van der Waals surface area contributed by atoms with Gasteiger partial charge in [-0.3, -0.25) is 14.4 Å². The molecule has 7 atom stereocenters. The number of ether oxygens (including phenoxy) is 2. The zero-order valence-corrected chi connectivity index (χ0v) is 15.7. The average Bonchev–Trinajstić information content (AvgIpc) is 2.92. The Balaban J connectivity index is 2.01. The van der Waals surface area contributed by atoms with Crippen molar-refractivity contribution in [1.82, 2.24) is 0 Å². The number of allylic oxidation sites excluding steroid dienone is 2. The van der Waals surface area contributed by atoms with Gasteiger partial charge in [-0.1, -0.05) is 33.8 Å². The molecule has 0 N–H and O–H groups in total. The third kappa shape index (κ3) is 2.81. The van der Waals surface area contributed by atoms with Crippen LogP contribution in [0.4, 0.5) is 0 Å². The first-order chi connectivity index (χ1) is 11.7. The molecule has 0 aromatic heterocycles. The number of rotatable bonds is 3. The van der Waals surface area contributed by atoms with E-state index in [4.69, 9.17) is 9.47 Å². The molecule has 0 aromatic carbocycles. The molecular weight excluding hydrogens is 320 g/mol.